The average Bonchev–Trinajstić information content (AvgIpc) is 3.09. The fraction of sp³-hybridized carbons (Fsp3) is 0.133. The Hall–Kier alpha value is -3.50. The molecule has 8 nitrogen and oxygen atoms in total. The average molecular weight is 363 g/mol. The van der Waals surface area contributed by atoms with Crippen LogP contribution in [0.4, 0.5) is 13.2 Å². The number of hydrogen-bond donors (Lipinski definition) is 2. The Labute approximate surface area is 144 Å². The van der Waals surface area contributed by atoms with Crippen molar-refractivity contribution in [1.29, 1.82) is 0 Å². The number of halogens is 3. The molecule has 3 aromatic heterocycles. The standard InChI is InChI=1S/C15H12F3N7O/c16-15(17,18)10-2-4-13(21-7-10)25-8-22-12(23-25)5-9-1-3-11(20-6-9)14(19)24-26/h1-4,6-8,26H,5H2,(H2,19,24). The van der Waals surface area contributed by atoms with Crippen molar-refractivity contribution >= 4 is 5.84 Å². The van der Waals surface area contributed by atoms with Crippen molar-refractivity contribution in [2.24, 2.45) is 10.9 Å². The van der Waals surface area contributed by atoms with Gasteiger partial charge in [0.25, 0.3) is 0 Å². The number of pyridine rings is 2. The fourth-order valence-corrected chi connectivity index (χ4v) is 2.09. The minimum Gasteiger partial charge on any atom is -0.409 e. The molecule has 3 heterocycles. The fourth-order valence-electron chi connectivity index (χ4n) is 2.09. The molecular weight excluding hydrogens is 351 g/mol. The summed E-state index contributed by atoms with van der Waals surface area (Å²) in [5, 5.41) is 15.6. The first-order chi connectivity index (χ1) is 12.4. The Morgan fingerprint density at radius 2 is 1.92 bits per heavy atom. The van der Waals surface area contributed by atoms with E-state index in [4.69, 9.17) is 10.9 Å². The molecule has 0 saturated heterocycles. The van der Waals surface area contributed by atoms with Crippen LogP contribution in [-0.4, -0.2) is 35.8 Å². The molecule has 0 amide bonds. The maximum Gasteiger partial charge on any atom is 0.417 e. The van der Waals surface area contributed by atoms with E-state index in [2.05, 4.69) is 25.2 Å². The quantitative estimate of drug-likeness (QED) is 0.316. The number of nitrogens with two attached hydrogens (primary N) is 1. The zero-order valence-electron chi connectivity index (χ0n) is 13.1. The van der Waals surface area contributed by atoms with Gasteiger partial charge in [-0.2, -0.15) is 13.2 Å². The predicted molar refractivity (Wildman–Crippen MR) is 83.7 cm³/mol. The first-order valence-corrected chi connectivity index (χ1v) is 7.24. The molecule has 0 fully saturated rings. The summed E-state index contributed by atoms with van der Waals surface area (Å²) in [5.41, 5.74) is 5.70. The molecular formula is C15H12F3N7O. The van der Waals surface area contributed by atoms with Crippen molar-refractivity contribution in [3.63, 3.8) is 0 Å². The lowest BCUT2D eigenvalue weighted by atomic mass is 10.2. The van der Waals surface area contributed by atoms with Gasteiger partial charge in [0.15, 0.2) is 17.5 Å². The van der Waals surface area contributed by atoms with E-state index in [9.17, 15) is 13.2 Å². The minimum absolute atomic E-state index is 0.104. The summed E-state index contributed by atoms with van der Waals surface area (Å²) in [6.45, 7) is 0. The van der Waals surface area contributed by atoms with Gasteiger partial charge in [-0.05, 0) is 23.8 Å². The zero-order chi connectivity index (χ0) is 18.7. The molecule has 0 aliphatic rings. The van der Waals surface area contributed by atoms with Crippen molar-refractivity contribution in [3.05, 3.63) is 65.6 Å². The van der Waals surface area contributed by atoms with Crippen LogP contribution in [0.3, 0.4) is 0 Å². The van der Waals surface area contributed by atoms with Crippen LogP contribution in [0, 0.1) is 0 Å². The van der Waals surface area contributed by atoms with E-state index in [1.165, 1.54) is 23.3 Å². The predicted octanol–water partition coefficient (Wildman–Crippen LogP) is 1.76. The van der Waals surface area contributed by atoms with Crippen LogP contribution in [-0.2, 0) is 12.6 Å². The van der Waals surface area contributed by atoms with Gasteiger partial charge in [0.1, 0.15) is 12.0 Å². The summed E-state index contributed by atoms with van der Waals surface area (Å²) in [7, 11) is 0. The Kier molecular flexibility index (Phi) is 4.52. The Morgan fingerprint density at radius 1 is 1.12 bits per heavy atom. The first kappa shape index (κ1) is 17.3. The number of rotatable bonds is 4. The largest absolute Gasteiger partial charge is 0.417 e. The molecule has 0 aromatic carbocycles. The number of amidine groups is 1. The van der Waals surface area contributed by atoms with E-state index >= 15 is 0 Å². The van der Waals surface area contributed by atoms with Gasteiger partial charge >= 0.3 is 6.18 Å². The van der Waals surface area contributed by atoms with Gasteiger partial charge < -0.3 is 10.9 Å². The maximum absolute atomic E-state index is 12.6. The Balaban J connectivity index is 1.74. The second-order valence-electron chi connectivity index (χ2n) is 5.22. The lowest BCUT2D eigenvalue weighted by molar-refractivity contribution is -0.137. The van der Waals surface area contributed by atoms with Gasteiger partial charge in [-0.3, -0.25) is 4.98 Å². The summed E-state index contributed by atoms with van der Waals surface area (Å²) in [4.78, 5) is 11.9. The minimum atomic E-state index is -4.44. The highest BCUT2D eigenvalue weighted by Gasteiger charge is 2.30. The van der Waals surface area contributed by atoms with E-state index in [-0.39, 0.29) is 11.7 Å². The van der Waals surface area contributed by atoms with Crippen LogP contribution in [0.1, 0.15) is 22.6 Å². The molecule has 3 rings (SSSR count). The van der Waals surface area contributed by atoms with E-state index in [0.29, 0.717) is 17.9 Å². The summed E-state index contributed by atoms with van der Waals surface area (Å²) < 4.78 is 39.0. The summed E-state index contributed by atoms with van der Waals surface area (Å²) >= 11 is 0. The van der Waals surface area contributed by atoms with Gasteiger partial charge in [0.2, 0.25) is 0 Å². The SMILES string of the molecule is N/C(=N\O)c1ccc(Cc2ncn(-c3ccc(C(F)(F)F)cn3)n2)cn1. The molecule has 0 aliphatic heterocycles. The number of oxime groups is 1. The van der Waals surface area contributed by atoms with Gasteiger partial charge in [-0.1, -0.05) is 11.2 Å². The maximum atomic E-state index is 12.6. The van der Waals surface area contributed by atoms with Gasteiger partial charge in [-0.15, -0.1) is 5.10 Å². The Morgan fingerprint density at radius 3 is 2.50 bits per heavy atom. The third-order valence-corrected chi connectivity index (χ3v) is 3.41. The summed E-state index contributed by atoms with van der Waals surface area (Å²) in [6.07, 6.45) is -0.459. The van der Waals surface area contributed by atoms with E-state index in [1.807, 2.05) is 0 Å². The monoisotopic (exact) mass is 363 g/mol. The molecule has 0 bridgehead atoms. The topological polar surface area (TPSA) is 115 Å². The number of hydrogen-bond acceptors (Lipinski definition) is 6. The zero-order valence-corrected chi connectivity index (χ0v) is 13.1. The normalized spacial score (nSPS) is 12.3. The van der Waals surface area contributed by atoms with E-state index in [1.54, 1.807) is 12.1 Å². The van der Waals surface area contributed by atoms with Gasteiger partial charge in [0, 0.05) is 18.8 Å². The van der Waals surface area contributed by atoms with E-state index < -0.39 is 11.7 Å². The third kappa shape index (κ3) is 3.77. The van der Waals surface area contributed by atoms with Crippen LogP contribution in [0.5, 0.6) is 0 Å². The van der Waals surface area contributed by atoms with Crippen molar-refractivity contribution in [1.82, 2.24) is 24.7 Å². The molecule has 11 heteroatoms. The smallest absolute Gasteiger partial charge is 0.409 e. The van der Waals surface area contributed by atoms with Crippen molar-refractivity contribution in [2.75, 3.05) is 0 Å². The van der Waals surface area contributed by atoms with E-state index in [0.717, 1.165) is 17.8 Å². The number of alkyl halides is 3. The number of aromatic nitrogens is 5. The Bertz CT molecular complexity index is 918. The van der Waals surface area contributed by atoms with Crippen LogP contribution in [0.2, 0.25) is 0 Å². The lowest BCUT2D eigenvalue weighted by Crippen LogP contribution is -2.14. The lowest BCUT2D eigenvalue weighted by Gasteiger charge is -2.06. The molecule has 0 spiro atoms. The van der Waals surface area contributed by atoms with Crippen molar-refractivity contribution in [2.45, 2.75) is 12.6 Å². The second-order valence-corrected chi connectivity index (χ2v) is 5.22. The van der Waals surface area contributed by atoms with Crippen molar-refractivity contribution in [3.8, 4) is 5.82 Å². The molecule has 0 unspecified atom stereocenters. The highest BCUT2D eigenvalue weighted by atomic mass is 19.4. The molecule has 0 saturated carbocycles. The molecule has 3 aromatic rings. The molecule has 26 heavy (non-hydrogen) atoms. The first-order valence-electron chi connectivity index (χ1n) is 7.24. The van der Waals surface area contributed by atoms with Crippen LogP contribution in [0.25, 0.3) is 5.82 Å². The molecule has 0 radical (unpaired) electrons. The molecule has 0 atom stereocenters. The highest BCUT2D eigenvalue weighted by molar-refractivity contribution is 5.95. The van der Waals surface area contributed by atoms with Crippen LogP contribution < -0.4 is 5.73 Å². The molecule has 0 aliphatic carbocycles. The summed E-state index contributed by atoms with van der Waals surface area (Å²) in [6, 6.07) is 5.45. The van der Waals surface area contributed by atoms with Crippen LogP contribution in [0.15, 0.2) is 48.1 Å². The van der Waals surface area contributed by atoms with Crippen LogP contribution >= 0.6 is 0 Å². The number of nitrogens with zero attached hydrogens (tertiary/aromatic N) is 6. The molecule has 3 N–H and O–H groups in total. The molecule has 134 valence electrons. The van der Waals surface area contributed by atoms with Crippen molar-refractivity contribution < 1.29 is 18.4 Å². The second kappa shape index (κ2) is 6.78. The summed E-state index contributed by atoms with van der Waals surface area (Å²) in [5.74, 6) is 0.550. The highest BCUT2D eigenvalue weighted by Crippen LogP contribution is 2.28. The van der Waals surface area contributed by atoms with Gasteiger partial charge in [-0.25, -0.2) is 14.6 Å². The third-order valence-electron chi connectivity index (χ3n) is 3.41. The van der Waals surface area contributed by atoms with Gasteiger partial charge in [0.05, 0.1) is 5.56 Å².